The summed E-state index contributed by atoms with van der Waals surface area (Å²) in [6, 6.07) is 11.1. The van der Waals surface area contributed by atoms with Crippen LogP contribution in [0.4, 0.5) is 0 Å². The Morgan fingerprint density at radius 3 is 2.39 bits per heavy atom. The van der Waals surface area contributed by atoms with Crippen molar-refractivity contribution < 1.29 is 14.3 Å². The van der Waals surface area contributed by atoms with E-state index in [1.54, 1.807) is 12.1 Å². The van der Waals surface area contributed by atoms with Crippen LogP contribution in [0.5, 0.6) is 11.5 Å². The third kappa shape index (κ3) is 5.08. The number of esters is 1. The fraction of sp³-hybridized carbons (Fsp3) is 0.278. The number of halogens is 2. The number of hydrogen-bond acceptors (Lipinski definition) is 3. The van der Waals surface area contributed by atoms with Crippen molar-refractivity contribution >= 4 is 37.8 Å². The summed E-state index contributed by atoms with van der Waals surface area (Å²) in [7, 11) is 0. The zero-order chi connectivity index (χ0) is 17.0. The Bertz CT molecular complexity index is 694. The summed E-state index contributed by atoms with van der Waals surface area (Å²) < 4.78 is 12.9. The number of benzene rings is 2. The van der Waals surface area contributed by atoms with Crippen molar-refractivity contribution in [3.8, 4) is 11.5 Å². The average molecular weight is 442 g/mol. The second kappa shape index (κ2) is 7.97. The summed E-state index contributed by atoms with van der Waals surface area (Å²) in [5, 5.41) is 0. The van der Waals surface area contributed by atoms with Gasteiger partial charge in [0.05, 0.1) is 0 Å². The minimum absolute atomic E-state index is 0.128. The molecule has 0 amide bonds. The van der Waals surface area contributed by atoms with E-state index in [9.17, 15) is 4.79 Å². The molecule has 23 heavy (non-hydrogen) atoms. The molecular formula is C18H18Br2O3. The Morgan fingerprint density at radius 2 is 1.78 bits per heavy atom. The zero-order valence-corrected chi connectivity index (χ0v) is 16.4. The standard InChI is InChI=1S/C18H18Br2O3/c1-11(2)15-9-16(20)12(3)8-17(15)22-10-18(21)23-14-6-4-13(19)5-7-14/h4-9,11H,10H2,1-3H3. The molecule has 0 saturated carbocycles. The number of aryl methyl sites for hydroxylation is 1. The molecule has 0 bridgehead atoms. The molecule has 2 aromatic carbocycles. The number of carbonyl (C=O) groups excluding carboxylic acids is 1. The molecule has 0 radical (unpaired) electrons. The van der Waals surface area contributed by atoms with E-state index in [4.69, 9.17) is 9.47 Å². The minimum Gasteiger partial charge on any atom is -0.482 e. The van der Waals surface area contributed by atoms with Crippen LogP contribution in [0.2, 0.25) is 0 Å². The monoisotopic (exact) mass is 440 g/mol. The van der Waals surface area contributed by atoms with Gasteiger partial charge in [0.2, 0.25) is 0 Å². The van der Waals surface area contributed by atoms with Gasteiger partial charge in [0, 0.05) is 8.95 Å². The van der Waals surface area contributed by atoms with Gasteiger partial charge in [0.1, 0.15) is 11.5 Å². The first kappa shape index (κ1) is 18.0. The topological polar surface area (TPSA) is 35.5 Å². The van der Waals surface area contributed by atoms with Crippen LogP contribution in [0.15, 0.2) is 45.3 Å². The number of rotatable bonds is 5. The summed E-state index contributed by atoms with van der Waals surface area (Å²) in [6.45, 7) is 6.03. The number of carbonyl (C=O) groups is 1. The molecule has 122 valence electrons. The van der Waals surface area contributed by atoms with Gasteiger partial charge in [-0.25, -0.2) is 4.79 Å². The molecule has 0 atom stereocenters. The van der Waals surface area contributed by atoms with E-state index < -0.39 is 5.97 Å². The molecule has 5 heteroatoms. The van der Waals surface area contributed by atoms with Gasteiger partial charge < -0.3 is 9.47 Å². The fourth-order valence-electron chi connectivity index (χ4n) is 2.05. The molecule has 0 spiro atoms. The van der Waals surface area contributed by atoms with E-state index >= 15 is 0 Å². The molecule has 0 aromatic heterocycles. The largest absolute Gasteiger partial charge is 0.482 e. The third-order valence-electron chi connectivity index (χ3n) is 3.30. The molecule has 0 fully saturated rings. The quantitative estimate of drug-likeness (QED) is 0.445. The summed E-state index contributed by atoms with van der Waals surface area (Å²) in [4.78, 5) is 11.9. The lowest BCUT2D eigenvalue weighted by atomic mass is 10.0. The summed E-state index contributed by atoms with van der Waals surface area (Å²) in [5.41, 5.74) is 2.12. The first-order valence-corrected chi connectivity index (χ1v) is 8.84. The molecule has 2 aromatic rings. The van der Waals surface area contributed by atoms with Crippen LogP contribution in [0.25, 0.3) is 0 Å². The van der Waals surface area contributed by atoms with E-state index in [-0.39, 0.29) is 6.61 Å². The van der Waals surface area contributed by atoms with Crippen LogP contribution in [0, 0.1) is 6.92 Å². The van der Waals surface area contributed by atoms with Gasteiger partial charge in [-0.3, -0.25) is 0 Å². The SMILES string of the molecule is Cc1cc(OCC(=O)Oc2ccc(Br)cc2)c(C(C)C)cc1Br. The number of ether oxygens (including phenoxy) is 2. The van der Waals surface area contributed by atoms with Crippen molar-refractivity contribution in [1.82, 2.24) is 0 Å². The van der Waals surface area contributed by atoms with Crippen molar-refractivity contribution in [3.05, 3.63) is 56.5 Å². The smallest absolute Gasteiger partial charge is 0.349 e. The van der Waals surface area contributed by atoms with Gasteiger partial charge in [-0.2, -0.15) is 0 Å². The lowest BCUT2D eigenvalue weighted by Gasteiger charge is -2.15. The van der Waals surface area contributed by atoms with Gasteiger partial charge in [-0.05, 0) is 60.4 Å². The van der Waals surface area contributed by atoms with Crippen LogP contribution >= 0.6 is 31.9 Å². The molecule has 0 heterocycles. The van der Waals surface area contributed by atoms with E-state index in [2.05, 4.69) is 45.7 Å². The van der Waals surface area contributed by atoms with Crippen LogP contribution in [0.3, 0.4) is 0 Å². The Morgan fingerprint density at radius 1 is 1.13 bits per heavy atom. The van der Waals surface area contributed by atoms with Crippen LogP contribution in [0.1, 0.15) is 30.9 Å². The second-order valence-corrected chi connectivity index (χ2v) is 7.28. The highest BCUT2D eigenvalue weighted by Crippen LogP contribution is 2.32. The van der Waals surface area contributed by atoms with E-state index in [1.807, 2.05) is 31.2 Å². The van der Waals surface area contributed by atoms with Gasteiger partial charge in [0.25, 0.3) is 0 Å². The Labute approximate surface area is 153 Å². The van der Waals surface area contributed by atoms with Crippen molar-refractivity contribution in [3.63, 3.8) is 0 Å². The van der Waals surface area contributed by atoms with E-state index in [0.29, 0.717) is 17.4 Å². The second-order valence-electron chi connectivity index (χ2n) is 5.51. The normalized spacial score (nSPS) is 10.7. The van der Waals surface area contributed by atoms with Crippen LogP contribution in [-0.2, 0) is 4.79 Å². The highest BCUT2D eigenvalue weighted by molar-refractivity contribution is 9.10. The summed E-state index contributed by atoms with van der Waals surface area (Å²) in [6.07, 6.45) is 0. The maximum Gasteiger partial charge on any atom is 0.349 e. The average Bonchev–Trinajstić information content (AvgIpc) is 2.50. The predicted molar refractivity (Wildman–Crippen MR) is 98.2 cm³/mol. The maximum absolute atomic E-state index is 11.9. The molecule has 3 nitrogen and oxygen atoms in total. The van der Waals surface area contributed by atoms with Crippen LogP contribution < -0.4 is 9.47 Å². The fourth-order valence-corrected chi connectivity index (χ4v) is 2.67. The highest BCUT2D eigenvalue weighted by atomic mass is 79.9. The Kier molecular flexibility index (Phi) is 6.25. The van der Waals surface area contributed by atoms with Crippen molar-refractivity contribution in [2.75, 3.05) is 6.61 Å². The van der Waals surface area contributed by atoms with Crippen molar-refractivity contribution in [2.45, 2.75) is 26.7 Å². The van der Waals surface area contributed by atoms with E-state index in [0.717, 1.165) is 20.1 Å². The number of hydrogen-bond donors (Lipinski definition) is 0. The van der Waals surface area contributed by atoms with Gasteiger partial charge >= 0.3 is 5.97 Å². The predicted octanol–water partition coefficient (Wildman–Crippen LogP) is 5.63. The molecule has 0 N–H and O–H groups in total. The molecule has 2 rings (SSSR count). The molecule has 0 aliphatic heterocycles. The van der Waals surface area contributed by atoms with Gasteiger partial charge in [0.15, 0.2) is 6.61 Å². The third-order valence-corrected chi connectivity index (χ3v) is 4.69. The summed E-state index contributed by atoms with van der Waals surface area (Å²) >= 11 is 6.87. The van der Waals surface area contributed by atoms with Crippen LogP contribution in [-0.4, -0.2) is 12.6 Å². The van der Waals surface area contributed by atoms with Crippen molar-refractivity contribution in [1.29, 1.82) is 0 Å². The van der Waals surface area contributed by atoms with Crippen molar-refractivity contribution in [2.24, 2.45) is 0 Å². The molecular weight excluding hydrogens is 424 g/mol. The maximum atomic E-state index is 11.9. The van der Waals surface area contributed by atoms with E-state index in [1.165, 1.54) is 0 Å². The van der Waals surface area contributed by atoms with Gasteiger partial charge in [-0.15, -0.1) is 0 Å². The molecule has 0 unspecified atom stereocenters. The first-order valence-electron chi connectivity index (χ1n) is 7.26. The summed E-state index contributed by atoms with van der Waals surface area (Å²) in [5.74, 6) is 1.08. The lowest BCUT2D eigenvalue weighted by Crippen LogP contribution is -2.18. The molecule has 0 saturated heterocycles. The molecule has 0 aliphatic rings. The van der Waals surface area contributed by atoms with Gasteiger partial charge in [-0.1, -0.05) is 45.7 Å². The molecule has 0 aliphatic carbocycles. The lowest BCUT2D eigenvalue weighted by molar-refractivity contribution is -0.136. The Hall–Kier alpha value is -1.33. The first-order chi connectivity index (χ1) is 10.9. The highest BCUT2D eigenvalue weighted by Gasteiger charge is 2.13. The minimum atomic E-state index is -0.428. The Balaban J connectivity index is 2.04. The zero-order valence-electron chi connectivity index (χ0n) is 13.2.